The number of hydrogen-bond donors (Lipinski definition) is 1. The van der Waals surface area contributed by atoms with E-state index in [2.05, 4.69) is 5.32 Å². The summed E-state index contributed by atoms with van der Waals surface area (Å²) in [7, 11) is 0. The van der Waals surface area contributed by atoms with Gasteiger partial charge in [-0.05, 0) is 30.2 Å². The summed E-state index contributed by atoms with van der Waals surface area (Å²) in [5, 5.41) is 4.41. The molecule has 0 radical (unpaired) electrons. The number of imide groups is 1. The molecule has 2 aliphatic rings. The number of hydrogen-bond acceptors (Lipinski definition) is 3. The second kappa shape index (κ2) is 2.92. The molecule has 2 amide bonds. The molecular formula is C11H11NO2S. The van der Waals surface area contributed by atoms with Crippen LogP contribution in [0.2, 0.25) is 0 Å². The molecule has 1 atom stereocenters. The van der Waals surface area contributed by atoms with E-state index in [9.17, 15) is 9.59 Å². The van der Waals surface area contributed by atoms with Gasteiger partial charge in [0.1, 0.15) is 0 Å². The van der Waals surface area contributed by atoms with E-state index in [0.717, 1.165) is 17.7 Å². The van der Waals surface area contributed by atoms with Crippen molar-refractivity contribution >= 4 is 23.2 Å². The van der Waals surface area contributed by atoms with Crippen molar-refractivity contribution in [2.24, 2.45) is 5.92 Å². The van der Waals surface area contributed by atoms with Crippen LogP contribution >= 0.6 is 11.3 Å². The number of carbonyl (C=O) groups is 2. The Morgan fingerprint density at radius 2 is 2.20 bits per heavy atom. The Hall–Kier alpha value is -1.16. The summed E-state index contributed by atoms with van der Waals surface area (Å²) in [6, 6.07) is 3.92. The van der Waals surface area contributed by atoms with Crippen molar-refractivity contribution in [3.05, 3.63) is 22.4 Å². The summed E-state index contributed by atoms with van der Waals surface area (Å²) >= 11 is 1.58. The second-order valence-electron chi connectivity index (χ2n) is 4.28. The van der Waals surface area contributed by atoms with Gasteiger partial charge in [-0.25, -0.2) is 0 Å². The summed E-state index contributed by atoms with van der Waals surface area (Å²) in [6.07, 6.45) is 2.48. The standard InChI is InChI=1S/C11H11NO2S/c13-9-6-11(7-3-4-7,10(14)12-9)8-2-1-5-15-8/h1-2,5,7H,3-4,6H2,(H,12,13,14). The maximum Gasteiger partial charge on any atom is 0.238 e. The lowest BCUT2D eigenvalue weighted by atomic mass is 9.79. The van der Waals surface area contributed by atoms with Crippen LogP contribution in [0.4, 0.5) is 0 Å². The molecule has 3 rings (SSSR count). The highest BCUT2D eigenvalue weighted by Crippen LogP contribution is 2.52. The Kier molecular flexibility index (Phi) is 1.77. The van der Waals surface area contributed by atoms with Crippen molar-refractivity contribution in [1.29, 1.82) is 0 Å². The minimum atomic E-state index is -0.523. The number of thiophene rings is 1. The third kappa shape index (κ3) is 1.17. The highest BCUT2D eigenvalue weighted by atomic mass is 32.1. The maximum atomic E-state index is 12.0. The van der Waals surface area contributed by atoms with Crippen LogP contribution in [-0.2, 0) is 15.0 Å². The molecule has 1 unspecified atom stereocenters. The van der Waals surface area contributed by atoms with Gasteiger partial charge in [-0.15, -0.1) is 11.3 Å². The van der Waals surface area contributed by atoms with Crippen LogP contribution in [0.3, 0.4) is 0 Å². The summed E-state index contributed by atoms with van der Waals surface area (Å²) in [4.78, 5) is 24.4. The van der Waals surface area contributed by atoms with Gasteiger partial charge in [0.05, 0.1) is 5.41 Å². The van der Waals surface area contributed by atoms with E-state index in [4.69, 9.17) is 0 Å². The minimum absolute atomic E-state index is 0.0857. The summed E-state index contributed by atoms with van der Waals surface area (Å²) < 4.78 is 0. The fraction of sp³-hybridized carbons (Fsp3) is 0.455. The third-order valence-electron chi connectivity index (χ3n) is 3.33. The van der Waals surface area contributed by atoms with Gasteiger partial charge in [0, 0.05) is 11.3 Å². The van der Waals surface area contributed by atoms with Gasteiger partial charge >= 0.3 is 0 Å². The van der Waals surface area contributed by atoms with E-state index >= 15 is 0 Å². The van der Waals surface area contributed by atoms with Crippen LogP contribution in [0.15, 0.2) is 17.5 Å². The van der Waals surface area contributed by atoms with Crippen molar-refractivity contribution < 1.29 is 9.59 Å². The molecule has 3 nitrogen and oxygen atoms in total. The molecule has 1 aromatic rings. The molecule has 1 aromatic heterocycles. The predicted octanol–water partition coefficient (Wildman–Crippen LogP) is 1.44. The van der Waals surface area contributed by atoms with Crippen molar-refractivity contribution in [3.63, 3.8) is 0 Å². The Morgan fingerprint density at radius 3 is 2.67 bits per heavy atom. The molecule has 78 valence electrons. The molecule has 1 saturated carbocycles. The Bertz CT molecular complexity index is 422. The van der Waals surface area contributed by atoms with Crippen molar-refractivity contribution in [3.8, 4) is 0 Å². The zero-order valence-electron chi connectivity index (χ0n) is 8.16. The normalized spacial score (nSPS) is 30.7. The van der Waals surface area contributed by atoms with Crippen molar-refractivity contribution in [2.75, 3.05) is 0 Å². The van der Waals surface area contributed by atoms with E-state index in [1.165, 1.54) is 0 Å². The highest BCUT2D eigenvalue weighted by Gasteiger charge is 2.57. The van der Waals surface area contributed by atoms with E-state index in [0.29, 0.717) is 12.3 Å². The first-order chi connectivity index (χ1) is 7.23. The molecule has 1 N–H and O–H groups in total. The number of amides is 2. The first kappa shape index (κ1) is 9.09. The molecule has 0 aromatic carbocycles. The van der Waals surface area contributed by atoms with E-state index < -0.39 is 5.41 Å². The predicted molar refractivity (Wildman–Crippen MR) is 56.5 cm³/mol. The van der Waals surface area contributed by atoms with E-state index in [1.807, 2.05) is 17.5 Å². The fourth-order valence-electron chi connectivity index (χ4n) is 2.45. The SMILES string of the molecule is O=C1CC(c2cccs2)(C2CC2)C(=O)N1. The van der Waals surface area contributed by atoms with Gasteiger partial charge in [0.15, 0.2) is 0 Å². The van der Waals surface area contributed by atoms with Crippen molar-refractivity contribution in [1.82, 2.24) is 5.32 Å². The minimum Gasteiger partial charge on any atom is -0.296 e. The van der Waals surface area contributed by atoms with Crippen LogP contribution < -0.4 is 5.32 Å². The van der Waals surface area contributed by atoms with Gasteiger partial charge in [-0.2, -0.15) is 0 Å². The Labute approximate surface area is 91.5 Å². The maximum absolute atomic E-state index is 12.0. The average Bonchev–Trinajstić information content (AvgIpc) is 2.80. The van der Waals surface area contributed by atoms with Crippen molar-refractivity contribution in [2.45, 2.75) is 24.7 Å². The summed E-state index contributed by atoms with van der Waals surface area (Å²) in [5.41, 5.74) is -0.523. The van der Waals surface area contributed by atoms with Crippen LogP contribution in [0, 0.1) is 5.92 Å². The lowest BCUT2D eigenvalue weighted by molar-refractivity contribution is -0.126. The summed E-state index contributed by atoms with van der Waals surface area (Å²) in [5.74, 6) is 0.167. The Balaban J connectivity index is 2.10. The lowest BCUT2D eigenvalue weighted by Crippen LogP contribution is -2.36. The molecule has 0 bridgehead atoms. The van der Waals surface area contributed by atoms with Gasteiger partial charge in [-0.1, -0.05) is 6.07 Å². The molecule has 1 aliphatic carbocycles. The third-order valence-corrected chi connectivity index (χ3v) is 4.38. The molecule has 15 heavy (non-hydrogen) atoms. The monoisotopic (exact) mass is 221 g/mol. The van der Waals surface area contributed by atoms with Gasteiger partial charge in [0.2, 0.25) is 11.8 Å². The molecule has 4 heteroatoms. The van der Waals surface area contributed by atoms with Gasteiger partial charge < -0.3 is 0 Å². The van der Waals surface area contributed by atoms with E-state index in [-0.39, 0.29) is 11.8 Å². The zero-order valence-corrected chi connectivity index (χ0v) is 8.97. The Morgan fingerprint density at radius 1 is 1.40 bits per heavy atom. The quantitative estimate of drug-likeness (QED) is 0.768. The van der Waals surface area contributed by atoms with Crippen LogP contribution in [0.25, 0.3) is 0 Å². The molecule has 2 heterocycles. The molecular weight excluding hydrogens is 210 g/mol. The fourth-order valence-corrected chi connectivity index (χ4v) is 3.46. The average molecular weight is 221 g/mol. The lowest BCUT2D eigenvalue weighted by Gasteiger charge is -2.23. The first-order valence-electron chi connectivity index (χ1n) is 5.12. The first-order valence-corrected chi connectivity index (χ1v) is 6.00. The van der Waals surface area contributed by atoms with E-state index in [1.54, 1.807) is 11.3 Å². The largest absolute Gasteiger partial charge is 0.296 e. The number of carbonyl (C=O) groups excluding carboxylic acids is 2. The molecule has 1 saturated heterocycles. The smallest absolute Gasteiger partial charge is 0.238 e. The van der Waals surface area contributed by atoms with Crippen LogP contribution in [0.1, 0.15) is 24.1 Å². The topological polar surface area (TPSA) is 46.2 Å². The number of nitrogens with one attached hydrogen (secondary N) is 1. The second-order valence-corrected chi connectivity index (χ2v) is 5.22. The van der Waals surface area contributed by atoms with Gasteiger partial charge in [0.25, 0.3) is 0 Å². The van der Waals surface area contributed by atoms with Gasteiger partial charge in [-0.3, -0.25) is 14.9 Å². The number of rotatable bonds is 2. The zero-order chi connectivity index (χ0) is 10.5. The van der Waals surface area contributed by atoms with Crippen LogP contribution in [-0.4, -0.2) is 11.8 Å². The van der Waals surface area contributed by atoms with Crippen LogP contribution in [0.5, 0.6) is 0 Å². The molecule has 1 aliphatic heterocycles. The molecule has 0 spiro atoms. The highest BCUT2D eigenvalue weighted by molar-refractivity contribution is 7.10. The summed E-state index contributed by atoms with van der Waals surface area (Å²) in [6.45, 7) is 0. The molecule has 2 fully saturated rings.